The maximum absolute atomic E-state index is 14.0. The molecule has 0 aliphatic heterocycles. The lowest BCUT2D eigenvalue weighted by atomic mass is 10.1. The molecule has 0 aliphatic carbocycles. The molecule has 0 amide bonds. The minimum absolute atomic E-state index is 0.00657. The quantitative estimate of drug-likeness (QED) is 0.572. The molecular formula is C18H17F3O3. The molecule has 24 heavy (non-hydrogen) atoms. The average Bonchev–Trinajstić information content (AvgIpc) is 2.56. The fraction of sp³-hybridized carbons (Fsp3) is 0.278. The maximum atomic E-state index is 14.0. The molecule has 0 radical (unpaired) electrons. The van der Waals surface area contributed by atoms with Crippen LogP contribution in [0.1, 0.15) is 31.4 Å². The summed E-state index contributed by atoms with van der Waals surface area (Å²) in [6.07, 6.45) is 0.461. The Balaban J connectivity index is 2.23. The highest BCUT2D eigenvalue weighted by atomic mass is 19.1. The van der Waals surface area contributed by atoms with Crippen LogP contribution in [0, 0.1) is 17.5 Å². The first-order valence-corrected chi connectivity index (χ1v) is 7.55. The first-order chi connectivity index (χ1) is 11.5. The number of carbonyl (C=O) groups is 1. The van der Waals surface area contributed by atoms with E-state index in [4.69, 9.17) is 9.47 Å². The van der Waals surface area contributed by atoms with Gasteiger partial charge in [-0.25, -0.2) is 13.2 Å². The molecule has 0 saturated carbocycles. The molecule has 2 aromatic carbocycles. The molecule has 0 aromatic heterocycles. The van der Waals surface area contributed by atoms with E-state index in [9.17, 15) is 18.0 Å². The minimum Gasteiger partial charge on any atom is -0.485 e. The summed E-state index contributed by atoms with van der Waals surface area (Å²) < 4.78 is 51.8. The van der Waals surface area contributed by atoms with Gasteiger partial charge in [-0.15, -0.1) is 0 Å². The van der Waals surface area contributed by atoms with Gasteiger partial charge in [-0.1, -0.05) is 19.9 Å². The minimum atomic E-state index is -0.739. The normalized spacial score (nSPS) is 10.5. The predicted molar refractivity (Wildman–Crippen MR) is 82.4 cm³/mol. The summed E-state index contributed by atoms with van der Waals surface area (Å²) in [5, 5.41) is 0. The van der Waals surface area contributed by atoms with Gasteiger partial charge in [-0.05, 0) is 30.2 Å². The monoisotopic (exact) mass is 338 g/mol. The van der Waals surface area contributed by atoms with Crippen molar-refractivity contribution in [1.82, 2.24) is 0 Å². The lowest BCUT2D eigenvalue weighted by molar-refractivity contribution is -0.134. The number of hydrogen-bond acceptors (Lipinski definition) is 3. The number of aryl methyl sites for hydroxylation is 1. The molecule has 0 heterocycles. The summed E-state index contributed by atoms with van der Waals surface area (Å²) in [6, 6.07) is 5.93. The Morgan fingerprint density at radius 3 is 2.42 bits per heavy atom. The Kier molecular flexibility index (Phi) is 5.84. The van der Waals surface area contributed by atoms with Gasteiger partial charge >= 0.3 is 5.97 Å². The van der Waals surface area contributed by atoms with Gasteiger partial charge < -0.3 is 9.47 Å². The van der Waals surface area contributed by atoms with Crippen molar-refractivity contribution in [2.75, 3.05) is 0 Å². The summed E-state index contributed by atoms with van der Waals surface area (Å²) in [7, 11) is 0. The van der Waals surface area contributed by atoms with Crippen molar-refractivity contribution in [3.8, 4) is 11.5 Å². The van der Waals surface area contributed by atoms with Crippen molar-refractivity contribution in [2.24, 2.45) is 0 Å². The third-order valence-electron chi connectivity index (χ3n) is 3.44. The van der Waals surface area contributed by atoms with E-state index in [0.717, 1.165) is 12.1 Å². The molecule has 3 nitrogen and oxygen atoms in total. The van der Waals surface area contributed by atoms with E-state index in [2.05, 4.69) is 0 Å². The van der Waals surface area contributed by atoms with E-state index >= 15 is 0 Å². The first-order valence-electron chi connectivity index (χ1n) is 7.55. The second-order valence-corrected chi connectivity index (χ2v) is 5.06. The van der Waals surface area contributed by atoms with Crippen molar-refractivity contribution < 1.29 is 27.4 Å². The average molecular weight is 338 g/mol. The van der Waals surface area contributed by atoms with Crippen LogP contribution in [0.25, 0.3) is 0 Å². The predicted octanol–water partition coefficient (Wildman–Crippen LogP) is 4.56. The fourth-order valence-corrected chi connectivity index (χ4v) is 2.07. The first kappa shape index (κ1) is 17.8. The van der Waals surface area contributed by atoms with Gasteiger partial charge in [-0.3, -0.25) is 4.79 Å². The summed E-state index contributed by atoms with van der Waals surface area (Å²) in [4.78, 5) is 11.4. The molecule has 0 atom stereocenters. The van der Waals surface area contributed by atoms with Crippen molar-refractivity contribution in [2.45, 2.75) is 33.3 Å². The molecule has 2 rings (SSSR count). The Bertz CT molecular complexity index is 745. The van der Waals surface area contributed by atoms with Crippen LogP contribution in [0.2, 0.25) is 0 Å². The van der Waals surface area contributed by atoms with E-state index in [0.29, 0.717) is 6.42 Å². The second-order valence-electron chi connectivity index (χ2n) is 5.06. The van der Waals surface area contributed by atoms with E-state index in [1.807, 2.05) is 0 Å². The number of ether oxygens (including phenoxy) is 2. The van der Waals surface area contributed by atoms with Crippen LogP contribution in [-0.2, 0) is 17.8 Å². The molecule has 128 valence electrons. The standard InChI is InChI=1S/C18H17F3O3/c1-3-11-8-15(21)17(9-14(11)20)23-10-12-13(19)6-5-7-16(12)24-18(22)4-2/h5-9H,3-4,10H2,1-2H3. The van der Waals surface area contributed by atoms with Crippen LogP contribution in [0.4, 0.5) is 13.2 Å². The van der Waals surface area contributed by atoms with Crippen LogP contribution >= 0.6 is 0 Å². The summed E-state index contributed by atoms with van der Waals surface area (Å²) in [5.41, 5.74) is 0.182. The number of halogens is 3. The largest absolute Gasteiger partial charge is 0.485 e. The molecule has 2 aromatic rings. The maximum Gasteiger partial charge on any atom is 0.310 e. The number of esters is 1. The molecule has 0 N–H and O–H groups in total. The van der Waals surface area contributed by atoms with E-state index in [1.54, 1.807) is 13.8 Å². The van der Waals surface area contributed by atoms with E-state index in [1.165, 1.54) is 18.2 Å². The van der Waals surface area contributed by atoms with Crippen LogP contribution in [0.15, 0.2) is 30.3 Å². The molecule has 0 bridgehead atoms. The Morgan fingerprint density at radius 1 is 1.00 bits per heavy atom. The van der Waals surface area contributed by atoms with E-state index < -0.39 is 30.0 Å². The SMILES string of the molecule is CCC(=O)Oc1cccc(F)c1COc1cc(F)c(CC)cc1F. The van der Waals surface area contributed by atoms with Crippen LogP contribution in [0.3, 0.4) is 0 Å². The zero-order valence-electron chi connectivity index (χ0n) is 13.4. The van der Waals surface area contributed by atoms with Crippen molar-refractivity contribution >= 4 is 5.97 Å². The lowest BCUT2D eigenvalue weighted by Gasteiger charge is -2.13. The van der Waals surface area contributed by atoms with Gasteiger partial charge in [0.05, 0.1) is 5.56 Å². The van der Waals surface area contributed by atoms with Gasteiger partial charge in [0, 0.05) is 12.5 Å². The Hall–Kier alpha value is -2.50. The summed E-state index contributed by atoms with van der Waals surface area (Å²) >= 11 is 0. The third-order valence-corrected chi connectivity index (χ3v) is 3.44. The summed E-state index contributed by atoms with van der Waals surface area (Å²) in [6.45, 7) is 2.90. The van der Waals surface area contributed by atoms with Gasteiger partial charge in [0.2, 0.25) is 0 Å². The third kappa shape index (κ3) is 4.07. The second kappa shape index (κ2) is 7.86. The van der Waals surface area contributed by atoms with Gasteiger partial charge in [0.1, 0.15) is 24.0 Å². The molecule has 0 fully saturated rings. The van der Waals surface area contributed by atoms with Crippen molar-refractivity contribution in [3.05, 3.63) is 58.9 Å². The zero-order valence-corrected chi connectivity index (χ0v) is 13.4. The van der Waals surface area contributed by atoms with Gasteiger partial charge in [-0.2, -0.15) is 0 Å². The van der Waals surface area contributed by atoms with Crippen molar-refractivity contribution in [3.63, 3.8) is 0 Å². The van der Waals surface area contributed by atoms with Gasteiger partial charge in [0.25, 0.3) is 0 Å². The van der Waals surface area contributed by atoms with Crippen LogP contribution in [-0.4, -0.2) is 5.97 Å². The molecule has 0 unspecified atom stereocenters. The zero-order chi connectivity index (χ0) is 17.7. The summed E-state index contributed by atoms with van der Waals surface area (Å²) in [5.74, 6) is -2.88. The number of hydrogen-bond donors (Lipinski definition) is 0. The van der Waals surface area contributed by atoms with Gasteiger partial charge in [0.15, 0.2) is 11.6 Å². The number of benzene rings is 2. The lowest BCUT2D eigenvalue weighted by Crippen LogP contribution is -2.10. The topological polar surface area (TPSA) is 35.5 Å². The number of carbonyl (C=O) groups excluding carboxylic acids is 1. The highest BCUT2D eigenvalue weighted by Crippen LogP contribution is 2.27. The molecular weight excluding hydrogens is 321 g/mol. The Morgan fingerprint density at radius 2 is 1.75 bits per heavy atom. The highest BCUT2D eigenvalue weighted by molar-refractivity contribution is 5.72. The Labute approximate surface area is 138 Å². The van der Waals surface area contributed by atoms with E-state index in [-0.39, 0.29) is 29.0 Å². The number of rotatable bonds is 6. The molecule has 0 saturated heterocycles. The van der Waals surface area contributed by atoms with Crippen LogP contribution < -0.4 is 9.47 Å². The molecule has 0 aliphatic rings. The molecule has 6 heteroatoms. The van der Waals surface area contributed by atoms with Crippen LogP contribution in [0.5, 0.6) is 11.5 Å². The highest BCUT2D eigenvalue weighted by Gasteiger charge is 2.15. The molecule has 0 spiro atoms. The smallest absolute Gasteiger partial charge is 0.310 e. The van der Waals surface area contributed by atoms with Crippen molar-refractivity contribution in [1.29, 1.82) is 0 Å². The fourth-order valence-electron chi connectivity index (χ4n) is 2.07.